The van der Waals surface area contributed by atoms with Gasteiger partial charge in [0, 0.05) is 19.9 Å². The third kappa shape index (κ3) is 2.71. The number of esters is 1. The van der Waals surface area contributed by atoms with E-state index in [0.717, 1.165) is 5.52 Å². The third-order valence-corrected chi connectivity index (χ3v) is 6.05. The lowest BCUT2D eigenvalue weighted by molar-refractivity contribution is -0.158. The van der Waals surface area contributed by atoms with Crippen molar-refractivity contribution in [2.75, 3.05) is 11.9 Å². The molecule has 3 heterocycles. The number of carbonyl (C=O) groups is 3. The molecule has 8 heteroatoms. The van der Waals surface area contributed by atoms with Crippen LogP contribution in [0.5, 0.6) is 0 Å². The predicted octanol–water partition coefficient (Wildman–Crippen LogP) is 2.59. The smallest absolute Gasteiger partial charge is 0.354 e. The van der Waals surface area contributed by atoms with Gasteiger partial charge in [-0.1, -0.05) is 24.3 Å². The van der Waals surface area contributed by atoms with E-state index >= 15 is 0 Å². The highest BCUT2D eigenvalue weighted by molar-refractivity contribution is 6.15. The molecule has 0 aliphatic carbocycles. The van der Waals surface area contributed by atoms with Crippen molar-refractivity contribution in [1.29, 1.82) is 0 Å². The number of anilines is 1. The van der Waals surface area contributed by atoms with Crippen LogP contribution in [0.25, 0.3) is 11.0 Å². The molecule has 2 amide bonds. The molecule has 3 aromatic rings. The molecule has 1 aromatic heterocycles. The van der Waals surface area contributed by atoms with Crippen LogP contribution in [0, 0.1) is 6.92 Å². The first-order valence-corrected chi connectivity index (χ1v) is 10.0. The van der Waals surface area contributed by atoms with E-state index in [2.05, 4.69) is 9.97 Å². The average Bonchev–Trinajstić information content (AvgIpc) is 3.14. The number of nitrogens with zero attached hydrogens (tertiary/aromatic N) is 4. The summed E-state index contributed by atoms with van der Waals surface area (Å²) >= 11 is 0. The van der Waals surface area contributed by atoms with Crippen LogP contribution < -0.4 is 4.90 Å². The van der Waals surface area contributed by atoms with E-state index in [1.54, 1.807) is 31.2 Å². The number of ether oxygens (including phenoxy) is 1. The fourth-order valence-electron chi connectivity index (χ4n) is 4.40. The Morgan fingerprint density at radius 3 is 2.52 bits per heavy atom. The van der Waals surface area contributed by atoms with Crippen LogP contribution in [0.1, 0.15) is 34.6 Å². The number of aromatic nitrogens is 2. The van der Waals surface area contributed by atoms with Crippen LogP contribution in [-0.2, 0) is 20.9 Å². The molecule has 2 aliphatic rings. The summed E-state index contributed by atoms with van der Waals surface area (Å²) in [6.45, 7) is 1.70. The molecule has 31 heavy (non-hydrogen) atoms. The summed E-state index contributed by atoms with van der Waals surface area (Å²) in [5, 5.41) is 0. The van der Waals surface area contributed by atoms with Gasteiger partial charge in [0.2, 0.25) is 11.6 Å². The topological polar surface area (TPSA) is 92.7 Å². The summed E-state index contributed by atoms with van der Waals surface area (Å²) in [5.41, 5.74) is 1.98. The molecular weight excluding hydrogens is 396 g/mol. The minimum Gasteiger partial charge on any atom is -0.456 e. The first kappa shape index (κ1) is 19.2. The molecule has 0 spiro atoms. The molecule has 1 saturated heterocycles. The summed E-state index contributed by atoms with van der Waals surface area (Å²) in [6, 6.07) is 14.3. The summed E-state index contributed by atoms with van der Waals surface area (Å²) in [7, 11) is 1.53. The van der Waals surface area contributed by atoms with E-state index < -0.39 is 11.6 Å². The van der Waals surface area contributed by atoms with Crippen LogP contribution in [0.15, 0.2) is 48.5 Å². The molecule has 1 fully saturated rings. The highest BCUT2D eigenvalue weighted by Crippen LogP contribution is 2.44. The zero-order chi connectivity index (χ0) is 21.8. The molecule has 156 valence electrons. The van der Waals surface area contributed by atoms with Gasteiger partial charge in [-0.05, 0) is 31.2 Å². The van der Waals surface area contributed by atoms with E-state index in [1.165, 1.54) is 16.8 Å². The van der Waals surface area contributed by atoms with Crippen LogP contribution in [-0.4, -0.2) is 45.4 Å². The number of likely N-dealkylation sites (N-methyl/N-ethyl adjacent to an activating group) is 1. The van der Waals surface area contributed by atoms with Crippen LogP contribution >= 0.6 is 0 Å². The molecule has 0 radical (unpaired) electrons. The first-order valence-electron chi connectivity index (χ1n) is 10.0. The Labute approximate surface area is 178 Å². The van der Waals surface area contributed by atoms with Crippen molar-refractivity contribution in [1.82, 2.24) is 14.9 Å². The maximum Gasteiger partial charge on any atom is 0.354 e. The van der Waals surface area contributed by atoms with Gasteiger partial charge in [0.25, 0.3) is 5.91 Å². The van der Waals surface area contributed by atoms with Gasteiger partial charge >= 0.3 is 5.97 Å². The third-order valence-electron chi connectivity index (χ3n) is 6.05. The van der Waals surface area contributed by atoms with Crippen molar-refractivity contribution in [3.8, 4) is 0 Å². The molecule has 5 rings (SSSR count). The highest BCUT2D eigenvalue weighted by Gasteiger charge is 2.60. The van der Waals surface area contributed by atoms with Gasteiger partial charge in [-0.15, -0.1) is 0 Å². The lowest BCUT2D eigenvalue weighted by atomic mass is 9.97. The number of rotatable bonds is 3. The number of fused-ring (bicyclic) bond motifs is 4. The molecule has 0 saturated carbocycles. The van der Waals surface area contributed by atoms with Crippen LogP contribution in [0.4, 0.5) is 5.69 Å². The minimum absolute atomic E-state index is 0.101. The highest BCUT2D eigenvalue weighted by atomic mass is 16.5. The Morgan fingerprint density at radius 1 is 1.06 bits per heavy atom. The molecular formula is C23H20N4O4. The Bertz CT molecular complexity index is 1260. The second-order valence-electron chi connectivity index (χ2n) is 7.75. The van der Waals surface area contributed by atoms with Gasteiger partial charge in [0.05, 0.1) is 33.7 Å². The number of para-hydroxylation sites is 3. The summed E-state index contributed by atoms with van der Waals surface area (Å²) in [6.07, 6.45) is 0.319. The van der Waals surface area contributed by atoms with Gasteiger partial charge in [-0.3, -0.25) is 14.5 Å². The SMILES string of the molecule is Cc1nc2ccccc2nc1COC(=O)[C@]12CCC(=O)N1c1ccccc1C(=O)N2C. The summed E-state index contributed by atoms with van der Waals surface area (Å²) < 4.78 is 5.65. The first-order chi connectivity index (χ1) is 14.9. The number of carbonyl (C=O) groups excluding carboxylic acids is 3. The fourth-order valence-corrected chi connectivity index (χ4v) is 4.40. The lowest BCUT2D eigenvalue weighted by Crippen LogP contribution is -2.67. The zero-order valence-corrected chi connectivity index (χ0v) is 17.2. The Morgan fingerprint density at radius 2 is 1.74 bits per heavy atom. The van der Waals surface area contributed by atoms with Crippen molar-refractivity contribution in [2.24, 2.45) is 0 Å². The number of aryl methyl sites for hydroxylation is 1. The lowest BCUT2D eigenvalue weighted by Gasteiger charge is -2.46. The van der Waals surface area contributed by atoms with E-state index in [0.29, 0.717) is 28.2 Å². The van der Waals surface area contributed by atoms with Crippen molar-refractivity contribution in [3.63, 3.8) is 0 Å². The van der Waals surface area contributed by atoms with Gasteiger partial charge in [-0.2, -0.15) is 0 Å². The maximum absolute atomic E-state index is 13.4. The van der Waals surface area contributed by atoms with E-state index in [-0.39, 0.29) is 31.3 Å². The molecule has 8 nitrogen and oxygen atoms in total. The van der Waals surface area contributed by atoms with Crippen LogP contribution in [0.3, 0.4) is 0 Å². The predicted molar refractivity (Wildman–Crippen MR) is 112 cm³/mol. The van der Waals surface area contributed by atoms with Crippen molar-refractivity contribution in [3.05, 3.63) is 65.5 Å². The van der Waals surface area contributed by atoms with Crippen molar-refractivity contribution < 1.29 is 19.1 Å². The second-order valence-corrected chi connectivity index (χ2v) is 7.75. The van der Waals surface area contributed by atoms with Gasteiger partial charge in [0.15, 0.2) is 0 Å². The Hall–Kier alpha value is -3.81. The van der Waals surface area contributed by atoms with E-state index in [9.17, 15) is 14.4 Å². The fraction of sp³-hybridized carbons (Fsp3) is 0.261. The molecule has 0 bridgehead atoms. The van der Waals surface area contributed by atoms with Gasteiger partial charge in [0.1, 0.15) is 6.61 Å². The average molecular weight is 416 g/mol. The normalized spacial score (nSPS) is 20.1. The number of hydrogen-bond donors (Lipinski definition) is 0. The largest absolute Gasteiger partial charge is 0.456 e. The minimum atomic E-state index is -1.50. The molecule has 2 aromatic carbocycles. The van der Waals surface area contributed by atoms with Crippen molar-refractivity contribution in [2.45, 2.75) is 32.0 Å². The number of amides is 2. The molecule has 2 aliphatic heterocycles. The molecule has 0 unspecified atom stereocenters. The van der Waals surface area contributed by atoms with Gasteiger partial charge < -0.3 is 9.64 Å². The van der Waals surface area contributed by atoms with Crippen molar-refractivity contribution >= 4 is 34.5 Å². The maximum atomic E-state index is 13.4. The monoisotopic (exact) mass is 416 g/mol. The standard InChI is InChI=1S/C23H20N4O4/c1-14-18(25-17-9-5-4-8-16(17)24-14)13-31-22(30)23-12-11-20(28)27(23)19-10-6-3-7-15(19)21(29)26(23)2/h3-10H,11-13H2,1-2H3/t23-/m0/s1. The van der Waals surface area contributed by atoms with Gasteiger partial charge in [-0.25, -0.2) is 14.8 Å². The van der Waals surface area contributed by atoms with E-state index in [4.69, 9.17) is 4.74 Å². The van der Waals surface area contributed by atoms with E-state index in [1.807, 2.05) is 24.3 Å². The molecule has 1 atom stereocenters. The Kier molecular flexibility index (Phi) is 4.25. The van der Waals surface area contributed by atoms with Crippen LogP contribution in [0.2, 0.25) is 0 Å². The zero-order valence-electron chi connectivity index (χ0n) is 17.2. The number of hydrogen-bond acceptors (Lipinski definition) is 6. The summed E-state index contributed by atoms with van der Waals surface area (Å²) in [5.74, 6) is -1.19. The quantitative estimate of drug-likeness (QED) is 0.610. The number of benzene rings is 2. The Balaban J connectivity index is 1.49. The summed E-state index contributed by atoms with van der Waals surface area (Å²) in [4.78, 5) is 51.0. The molecule has 0 N–H and O–H groups in total. The second kappa shape index (κ2) is 6.87.